The molecule has 146 valence electrons. The van der Waals surface area contributed by atoms with Crippen LogP contribution in [0, 0.1) is 0 Å². The minimum Gasteiger partial charge on any atom is -0.497 e. The molecule has 0 aliphatic rings. The van der Waals surface area contributed by atoms with E-state index in [4.69, 9.17) is 4.74 Å². The van der Waals surface area contributed by atoms with Crippen LogP contribution in [0.15, 0.2) is 48.5 Å². The van der Waals surface area contributed by atoms with Crippen LogP contribution in [0.25, 0.3) is 0 Å². The molecular formula is C21H24N4O2S. The third-order valence-corrected chi connectivity index (χ3v) is 5.05. The number of amides is 2. The lowest BCUT2D eigenvalue weighted by atomic mass is 9.87. The Morgan fingerprint density at radius 1 is 1.00 bits per heavy atom. The highest BCUT2D eigenvalue weighted by atomic mass is 32.1. The van der Waals surface area contributed by atoms with Crippen molar-refractivity contribution >= 4 is 28.2 Å². The molecule has 2 N–H and O–H groups in total. The molecule has 0 atom stereocenters. The normalized spacial score (nSPS) is 11.1. The lowest BCUT2D eigenvalue weighted by Crippen LogP contribution is -2.19. The second kappa shape index (κ2) is 8.39. The number of anilines is 2. The van der Waals surface area contributed by atoms with Gasteiger partial charge in [-0.25, -0.2) is 4.79 Å². The summed E-state index contributed by atoms with van der Waals surface area (Å²) in [6.07, 6.45) is 0.652. The lowest BCUT2D eigenvalue weighted by Gasteiger charge is -2.19. The maximum absolute atomic E-state index is 12.2. The lowest BCUT2D eigenvalue weighted by molar-refractivity contribution is 0.262. The van der Waals surface area contributed by atoms with Crippen LogP contribution in [0.1, 0.15) is 36.9 Å². The Hall–Kier alpha value is -2.93. The molecule has 6 nitrogen and oxygen atoms in total. The number of ether oxygens (including phenoxy) is 1. The van der Waals surface area contributed by atoms with Gasteiger partial charge >= 0.3 is 6.03 Å². The summed E-state index contributed by atoms with van der Waals surface area (Å²) in [5, 5.41) is 15.0. The highest BCUT2D eigenvalue weighted by Crippen LogP contribution is 2.24. The molecule has 3 rings (SSSR count). The Bertz CT molecular complexity index is 928. The number of methoxy groups -OCH3 is 1. The van der Waals surface area contributed by atoms with Crippen molar-refractivity contribution in [1.82, 2.24) is 10.2 Å². The second-order valence-electron chi connectivity index (χ2n) is 7.43. The maximum Gasteiger partial charge on any atom is 0.325 e. The fourth-order valence-corrected chi connectivity index (χ4v) is 3.38. The standard InChI is InChI=1S/C21H24N4O2S/c1-21(2,3)15-7-9-16(10-8-15)22-19(26)23-20-25-24-18(28-20)13-14-5-11-17(27-4)12-6-14/h5-12H,13H2,1-4H3,(H2,22,23,25,26). The van der Waals surface area contributed by atoms with Gasteiger partial charge in [0.1, 0.15) is 10.8 Å². The number of benzene rings is 2. The van der Waals surface area contributed by atoms with Gasteiger partial charge in [0, 0.05) is 12.1 Å². The third-order valence-electron chi connectivity index (χ3n) is 4.21. The van der Waals surface area contributed by atoms with E-state index in [0.717, 1.165) is 22.0 Å². The van der Waals surface area contributed by atoms with Crippen molar-refractivity contribution in [2.45, 2.75) is 32.6 Å². The van der Waals surface area contributed by atoms with E-state index in [9.17, 15) is 4.79 Å². The Morgan fingerprint density at radius 2 is 1.68 bits per heavy atom. The van der Waals surface area contributed by atoms with Gasteiger partial charge in [-0.1, -0.05) is 56.4 Å². The highest BCUT2D eigenvalue weighted by Gasteiger charge is 2.14. The van der Waals surface area contributed by atoms with Gasteiger partial charge in [-0.15, -0.1) is 10.2 Å². The van der Waals surface area contributed by atoms with Gasteiger partial charge in [0.05, 0.1) is 7.11 Å². The number of hydrogen-bond donors (Lipinski definition) is 2. The van der Waals surface area contributed by atoms with Crippen LogP contribution in [0.4, 0.5) is 15.6 Å². The molecule has 0 radical (unpaired) electrons. The molecule has 0 aliphatic heterocycles. The van der Waals surface area contributed by atoms with Crippen molar-refractivity contribution < 1.29 is 9.53 Å². The molecule has 0 spiro atoms. The van der Waals surface area contributed by atoms with Gasteiger partial charge in [0.2, 0.25) is 5.13 Å². The van der Waals surface area contributed by atoms with Gasteiger partial charge < -0.3 is 10.1 Å². The molecule has 2 amide bonds. The monoisotopic (exact) mass is 396 g/mol. The number of nitrogens with zero attached hydrogens (tertiary/aromatic N) is 2. The Morgan fingerprint density at radius 3 is 2.29 bits per heavy atom. The molecule has 2 aromatic carbocycles. The number of urea groups is 1. The molecule has 7 heteroatoms. The maximum atomic E-state index is 12.2. The second-order valence-corrected chi connectivity index (χ2v) is 8.49. The summed E-state index contributed by atoms with van der Waals surface area (Å²) in [6.45, 7) is 6.46. The van der Waals surface area contributed by atoms with Gasteiger partial charge in [-0.2, -0.15) is 0 Å². The molecule has 0 unspecified atom stereocenters. The Labute approximate surface area is 169 Å². The van der Waals surface area contributed by atoms with Crippen molar-refractivity contribution in [3.8, 4) is 5.75 Å². The van der Waals surface area contributed by atoms with E-state index in [2.05, 4.69) is 41.6 Å². The zero-order valence-corrected chi connectivity index (χ0v) is 17.3. The zero-order chi connectivity index (χ0) is 20.1. The molecule has 1 heterocycles. The third kappa shape index (κ3) is 5.29. The van der Waals surface area contributed by atoms with E-state index in [1.165, 1.54) is 16.9 Å². The number of nitrogens with one attached hydrogen (secondary N) is 2. The molecular weight excluding hydrogens is 372 g/mol. The van der Waals surface area contributed by atoms with Crippen LogP contribution >= 0.6 is 11.3 Å². The van der Waals surface area contributed by atoms with Gasteiger partial charge in [-0.05, 0) is 40.8 Å². The molecule has 0 aliphatic carbocycles. The van der Waals surface area contributed by atoms with Crippen LogP contribution in [0.5, 0.6) is 5.75 Å². The molecule has 28 heavy (non-hydrogen) atoms. The average Bonchev–Trinajstić information content (AvgIpc) is 3.08. The Balaban J connectivity index is 1.56. The first-order valence-electron chi connectivity index (χ1n) is 8.97. The van der Waals surface area contributed by atoms with Crippen molar-refractivity contribution in [1.29, 1.82) is 0 Å². The molecule has 0 bridgehead atoms. The smallest absolute Gasteiger partial charge is 0.325 e. The predicted molar refractivity (Wildman–Crippen MR) is 113 cm³/mol. The minimum absolute atomic E-state index is 0.0770. The van der Waals surface area contributed by atoms with E-state index in [0.29, 0.717) is 11.6 Å². The Kier molecular flexibility index (Phi) is 5.94. The van der Waals surface area contributed by atoms with Crippen LogP contribution in [0.2, 0.25) is 0 Å². The number of carbonyl (C=O) groups excluding carboxylic acids is 1. The summed E-state index contributed by atoms with van der Waals surface area (Å²) in [4.78, 5) is 12.2. The van der Waals surface area contributed by atoms with Crippen molar-refractivity contribution in [2.24, 2.45) is 0 Å². The summed E-state index contributed by atoms with van der Waals surface area (Å²) in [5.74, 6) is 0.815. The van der Waals surface area contributed by atoms with Crippen molar-refractivity contribution in [3.63, 3.8) is 0 Å². The fourth-order valence-electron chi connectivity index (χ4n) is 2.61. The summed E-state index contributed by atoms with van der Waals surface area (Å²) >= 11 is 1.36. The van der Waals surface area contributed by atoms with E-state index in [1.54, 1.807) is 7.11 Å². The molecule has 0 fully saturated rings. The summed E-state index contributed by atoms with van der Waals surface area (Å²) < 4.78 is 5.16. The van der Waals surface area contributed by atoms with Crippen LogP contribution in [-0.2, 0) is 11.8 Å². The topological polar surface area (TPSA) is 76.1 Å². The van der Waals surface area contributed by atoms with Crippen LogP contribution < -0.4 is 15.4 Å². The van der Waals surface area contributed by atoms with Crippen LogP contribution in [0.3, 0.4) is 0 Å². The highest BCUT2D eigenvalue weighted by molar-refractivity contribution is 7.15. The summed E-state index contributed by atoms with van der Waals surface area (Å²) in [5.41, 5.74) is 3.12. The first-order valence-corrected chi connectivity index (χ1v) is 9.79. The summed E-state index contributed by atoms with van der Waals surface area (Å²) in [7, 11) is 1.64. The molecule has 0 saturated carbocycles. The van der Waals surface area contributed by atoms with Crippen LogP contribution in [-0.4, -0.2) is 23.3 Å². The van der Waals surface area contributed by atoms with Crippen molar-refractivity contribution in [2.75, 3.05) is 17.7 Å². The van der Waals surface area contributed by atoms with Gasteiger partial charge in [-0.3, -0.25) is 5.32 Å². The SMILES string of the molecule is COc1ccc(Cc2nnc(NC(=O)Nc3ccc(C(C)(C)C)cc3)s2)cc1. The van der Waals surface area contributed by atoms with Crippen molar-refractivity contribution in [3.05, 3.63) is 64.7 Å². The average molecular weight is 397 g/mol. The first-order chi connectivity index (χ1) is 13.3. The molecule has 0 saturated heterocycles. The van der Waals surface area contributed by atoms with E-state index < -0.39 is 0 Å². The minimum atomic E-state index is -0.337. The number of rotatable bonds is 5. The largest absolute Gasteiger partial charge is 0.497 e. The number of aromatic nitrogens is 2. The fraction of sp³-hybridized carbons (Fsp3) is 0.286. The molecule has 3 aromatic rings. The van der Waals surface area contributed by atoms with E-state index >= 15 is 0 Å². The molecule has 1 aromatic heterocycles. The van der Waals surface area contributed by atoms with Gasteiger partial charge in [0.15, 0.2) is 0 Å². The quantitative estimate of drug-likeness (QED) is 0.631. The van der Waals surface area contributed by atoms with Gasteiger partial charge in [0.25, 0.3) is 0 Å². The predicted octanol–water partition coefficient (Wildman–Crippen LogP) is 5.08. The zero-order valence-electron chi connectivity index (χ0n) is 16.4. The summed E-state index contributed by atoms with van der Waals surface area (Å²) in [6, 6.07) is 15.3. The van der Waals surface area contributed by atoms with E-state index in [-0.39, 0.29) is 11.4 Å². The number of hydrogen-bond acceptors (Lipinski definition) is 5. The number of carbonyl (C=O) groups is 1. The van der Waals surface area contributed by atoms with E-state index in [1.807, 2.05) is 48.5 Å². The first kappa shape index (κ1) is 19.8.